The van der Waals surface area contributed by atoms with Crippen LogP contribution in [-0.2, 0) is 6.54 Å². The van der Waals surface area contributed by atoms with Gasteiger partial charge < -0.3 is 19.5 Å². The van der Waals surface area contributed by atoms with Crippen LogP contribution in [0.4, 0.5) is 14.5 Å². The molecule has 0 amide bonds. The Bertz CT molecular complexity index is 687. The maximum atomic E-state index is 12.1. The van der Waals surface area contributed by atoms with E-state index < -0.39 is 6.61 Å². The van der Waals surface area contributed by atoms with Crippen molar-refractivity contribution in [3.63, 3.8) is 0 Å². The predicted molar refractivity (Wildman–Crippen MR) is 88.8 cm³/mol. The fraction of sp³-hybridized carbons (Fsp3) is 0.312. The number of alkyl halides is 2. The molecule has 1 aliphatic rings. The van der Waals surface area contributed by atoms with Crippen LogP contribution in [-0.4, -0.2) is 27.7 Å². The summed E-state index contributed by atoms with van der Waals surface area (Å²) in [5.74, 6) is 0.126. The number of ether oxygens (including phenoxy) is 1. The Labute approximate surface area is 138 Å². The first-order chi connectivity index (χ1) is 11.0. The molecule has 0 bridgehead atoms. The summed E-state index contributed by atoms with van der Waals surface area (Å²) in [6.45, 7) is 0.996. The van der Waals surface area contributed by atoms with Gasteiger partial charge in [-0.15, -0.1) is 0 Å². The van der Waals surface area contributed by atoms with E-state index in [9.17, 15) is 8.78 Å². The molecule has 3 rings (SSSR count). The highest BCUT2D eigenvalue weighted by Gasteiger charge is 2.25. The molecule has 0 aliphatic carbocycles. The van der Waals surface area contributed by atoms with Gasteiger partial charge in [0.15, 0.2) is 5.11 Å². The minimum Gasteiger partial charge on any atom is -0.435 e. The van der Waals surface area contributed by atoms with Crippen molar-refractivity contribution < 1.29 is 13.5 Å². The van der Waals surface area contributed by atoms with Crippen molar-refractivity contribution in [3.8, 4) is 5.75 Å². The Morgan fingerprint density at radius 2 is 2.00 bits per heavy atom. The van der Waals surface area contributed by atoms with Crippen LogP contribution in [0.15, 0.2) is 42.6 Å². The standard InChI is InChI=1S/C16H17F2N3OS/c1-11-14-3-2-8-20(14)9-10-21(11)16(23)19-12-4-6-13(7-5-12)22-15(17)18/h2-8,11,15H,9-10H2,1H3,(H,19,23)/t11-/m0/s1. The van der Waals surface area contributed by atoms with E-state index in [4.69, 9.17) is 12.2 Å². The Morgan fingerprint density at radius 3 is 2.70 bits per heavy atom. The number of nitrogens with zero attached hydrogens (tertiary/aromatic N) is 2. The number of fused-ring (bicyclic) bond motifs is 1. The summed E-state index contributed by atoms with van der Waals surface area (Å²) in [6, 6.07) is 10.6. The highest BCUT2D eigenvalue weighted by Crippen LogP contribution is 2.26. The van der Waals surface area contributed by atoms with Crippen LogP contribution in [0.2, 0.25) is 0 Å². The number of halogens is 2. The van der Waals surface area contributed by atoms with Crippen LogP contribution >= 0.6 is 12.2 Å². The zero-order valence-corrected chi connectivity index (χ0v) is 13.4. The van der Waals surface area contributed by atoms with Gasteiger partial charge in [0, 0.05) is 30.7 Å². The summed E-state index contributed by atoms with van der Waals surface area (Å²) in [7, 11) is 0. The maximum absolute atomic E-state index is 12.1. The summed E-state index contributed by atoms with van der Waals surface area (Å²) in [5.41, 5.74) is 1.96. The van der Waals surface area contributed by atoms with Gasteiger partial charge in [0.1, 0.15) is 5.75 Å². The molecule has 0 unspecified atom stereocenters. The Balaban J connectivity index is 1.65. The van der Waals surface area contributed by atoms with Gasteiger partial charge in [0.25, 0.3) is 0 Å². The van der Waals surface area contributed by atoms with Crippen molar-refractivity contribution in [2.24, 2.45) is 0 Å². The van der Waals surface area contributed by atoms with Gasteiger partial charge in [-0.2, -0.15) is 8.78 Å². The molecule has 23 heavy (non-hydrogen) atoms. The average Bonchev–Trinajstić information content (AvgIpc) is 2.98. The van der Waals surface area contributed by atoms with Gasteiger partial charge >= 0.3 is 6.61 Å². The van der Waals surface area contributed by atoms with Gasteiger partial charge in [-0.1, -0.05) is 0 Å². The first-order valence-electron chi connectivity index (χ1n) is 7.32. The second-order valence-electron chi connectivity index (χ2n) is 5.33. The van der Waals surface area contributed by atoms with Gasteiger partial charge in [-0.3, -0.25) is 0 Å². The minimum atomic E-state index is -2.82. The third kappa shape index (κ3) is 3.44. The Hall–Kier alpha value is -2.15. The molecule has 0 spiro atoms. The molecule has 4 nitrogen and oxygen atoms in total. The molecular weight excluding hydrogens is 320 g/mol. The summed E-state index contributed by atoms with van der Waals surface area (Å²) in [6.07, 6.45) is 2.07. The highest BCUT2D eigenvalue weighted by molar-refractivity contribution is 7.80. The van der Waals surface area contributed by atoms with Crippen molar-refractivity contribution >= 4 is 23.0 Å². The van der Waals surface area contributed by atoms with E-state index in [1.807, 2.05) is 6.07 Å². The second-order valence-corrected chi connectivity index (χ2v) is 5.72. The van der Waals surface area contributed by atoms with E-state index in [1.54, 1.807) is 12.1 Å². The van der Waals surface area contributed by atoms with Crippen LogP contribution in [0.1, 0.15) is 18.7 Å². The SMILES string of the molecule is C[C@H]1c2cccn2CCN1C(=S)Nc1ccc(OC(F)F)cc1. The molecule has 1 aromatic carbocycles. The zero-order valence-electron chi connectivity index (χ0n) is 12.6. The lowest BCUT2D eigenvalue weighted by Gasteiger charge is -2.36. The normalized spacial score (nSPS) is 17.0. The molecule has 7 heteroatoms. The first-order valence-corrected chi connectivity index (χ1v) is 7.73. The third-order valence-corrected chi connectivity index (χ3v) is 4.27. The molecule has 1 atom stereocenters. The number of thiocarbonyl (C=S) groups is 1. The summed E-state index contributed by atoms with van der Waals surface area (Å²) < 4.78 is 30.8. The van der Waals surface area contributed by atoms with Crippen LogP contribution < -0.4 is 10.1 Å². The molecule has 1 aliphatic heterocycles. The quantitative estimate of drug-likeness (QED) is 0.861. The van der Waals surface area contributed by atoms with E-state index in [0.717, 1.165) is 18.8 Å². The Morgan fingerprint density at radius 1 is 1.26 bits per heavy atom. The maximum Gasteiger partial charge on any atom is 0.387 e. The molecule has 1 N–H and O–H groups in total. The highest BCUT2D eigenvalue weighted by atomic mass is 32.1. The number of benzene rings is 1. The van der Waals surface area contributed by atoms with E-state index in [1.165, 1.54) is 17.8 Å². The first kappa shape index (κ1) is 15.7. The van der Waals surface area contributed by atoms with Crippen molar-refractivity contribution in [1.29, 1.82) is 0 Å². The van der Waals surface area contributed by atoms with Gasteiger partial charge in [-0.25, -0.2) is 0 Å². The summed E-state index contributed by atoms with van der Waals surface area (Å²) in [5, 5.41) is 3.77. The lowest BCUT2D eigenvalue weighted by Crippen LogP contribution is -2.42. The molecule has 1 aromatic heterocycles. The van der Waals surface area contributed by atoms with Crippen molar-refractivity contribution in [2.75, 3.05) is 11.9 Å². The van der Waals surface area contributed by atoms with Gasteiger partial charge in [0.05, 0.1) is 6.04 Å². The smallest absolute Gasteiger partial charge is 0.387 e. The van der Waals surface area contributed by atoms with Crippen molar-refractivity contribution in [1.82, 2.24) is 9.47 Å². The average molecular weight is 337 g/mol. The van der Waals surface area contributed by atoms with E-state index in [0.29, 0.717) is 5.11 Å². The number of anilines is 1. The van der Waals surface area contributed by atoms with Gasteiger partial charge in [0.2, 0.25) is 0 Å². The van der Waals surface area contributed by atoms with Crippen LogP contribution in [0.5, 0.6) is 5.75 Å². The minimum absolute atomic E-state index is 0.126. The predicted octanol–water partition coefficient (Wildman–Crippen LogP) is 3.86. The largest absolute Gasteiger partial charge is 0.435 e. The molecule has 2 aromatic rings. The monoisotopic (exact) mass is 337 g/mol. The van der Waals surface area contributed by atoms with Crippen LogP contribution in [0, 0.1) is 0 Å². The lowest BCUT2D eigenvalue weighted by molar-refractivity contribution is -0.0498. The molecule has 122 valence electrons. The molecule has 2 heterocycles. The van der Waals surface area contributed by atoms with Crippen LogP contribution in [0.25, 0.3) is 0 Å². The number of aromatic nitrogens is 1. The van der Waals surface area contributed by atoms with E-state index in [2.05, 4.69) is 38.7 Å². The number of rotatable bonds is 3. The van der Waals surface area contributed by atoms with Crippen LogP contribution in [0.3, 0.4) is 0 Å². The van der Waals surface area contributed by atoms with E-state index >= 15 is 0 Å². The van der Waals surface area contributed by atoms with E-state index in [-0.39, 0.29) is 11.8 Å². The zero-order chi connectivity index (χ0) is 16.4. The lowest BCUT2D eigenvalue weighted by atomic mass is 10.1. The summed E-state index contributed by atoms with van der Waals surface area (Å²) in [4.78, 5) is 2.12. The Kier molecular flexibility index (Phi) is 4.47. The molecule has 0 radical (unpaired) electrons. The third-order valence-electron chi connectivity index (χ3n) is 3.93. The van der Waals surface area contributed by atoms with Gasteiger partial charge in [-0.05, 0) is 55.5 Å². The van der Waals surface area contributed by atoms with Crippen molar-refractivity contribution in [3.05, 3.63) is 48.3 Å². The second kappa shape index (κ2) is 6.54. The molecule has 0 saturated heterocycles. The number of hydrogen-bond acceptors (Lipinski definition) is 2. The molecule has 0 fully saturated rings. The summed E-state index contributed by atoms with van der Waals surface area (Å²) >= 11 is 5.49. The number of hydrogen-bond donors (Lipinski definition) is 1. The number of nitrogens with one attached hydrogen (secondary N) is 1. The fourth-order valence-corrected chi connectivity index (χ4v) is 3.14. The molecule has 0 saturated carbocycles. The topological polar surface area (TPSA) is 29.4 Å². The molecular formula is C16H17F2N3OS. The van der Waals surface area contributed by atoms with Crippen molar-refractivity contribution in [2.45, 2.75) is 26.1 Å². The fourth-order valence-electron chi connectivity index (χ4n) is 2.77.